The number of nitrogens with zero attached hydrogens (tertiary/aromatic N) is 3. The Morgan fingerprint density at radius 1 is 0.941 bits per heavy atom. The molecule has 0 spiro atoms. The van der Waals surface area contributed by atoms with E-state index in [0.29, 0.717) is 17.1 Å². The molecular weight excluding hydrogens is 472 g/mol. The highest BCUT2D eigenvalue weighted by Gasteiger charge is 2.38. The first-order valence-electron chi connectivity index (χ1n) is 9.90. The molecule has 178 valence electrons. The van der Waals surface area contributed by atoms with Gasteiger partial charge in [-0.2, -0.15) is 26.3 Å². The number of hydrogen-bond acceptors (Lipinski definition) is 2. The molecule has 0 saturated carbocycles. The predicted molar refractivity (Wildman–Crippen MR) is 104 cm³/mol. The summed E-state index contributed by atoms with van der Waals surface area (Å²) < 4.78 is 107. The molecule has 1 N–H and O–H groups in total. The van der Waals surface area contributed by atoms with Gasteiger partial charge in [0.2, 0.25) is 6.20 Å². The van der Waals surface area contributed by atoms with E-state index in [9.17, 15) is 35.1 Å². The van der Waals surface area contributed by atoms with Gasteiger partial charge in [0, 0.05) is 6.42 Å². The molecule has 0 aliphatic rings. The Labute approximate surface area is 186 Å². The van der Waals surface area contributed by atoms with Gasteiger partial charge in [-0.1, -0.05) is 16.8 Å². The molecule has 4 aromatic rings. The predicted octanol–water partition coefficient (Wildman–Crippen LogP) is 5.86. The van der Waals surface area contributed by atoms with Crippen LogP contribution in [0.4, 0.5) is 35.1 Å². The van der Waals surface area contributed by atoms with E-state index in [2.05, 4.69) is 15.1 Å². The van der Waals surface area contributed by atoms with Gasteiger partial charge in [0.15, 0.2) is 18.2 Å². The Kier molecular flexibility index (Phi) is 6.00. The van der Waals surface area contributed by atoms with Gasteiger partial charge < -0.3 is 4.98 Å². The van der Waals surface area contributed by atoms with Gasteiger partial charge in [0.1, 0.15) is 23.1 Å². The molecule has 4 rings (SSSR count). The van der Waals surface area contributed by atoms with Crippen molar-refractivity contribution < 1.29 is 39.8 Å². The highest BCUT2D eigenvalue weighted by atomic mass is 19.4. The number of alkyl halides is 6. The number of aryl methyl sites for hydroxylation is 2. The number of hydrogen-bond donors (Lipinski definition) is 1. The lowest BCUT2D eigenvalue weighted by Crippen LogP contribution is -2.37. The molecule has 34 heavy (non-hydrogen) atoms. The van der Waals surface area contributed by atoms with Crippen LogP contribution in [0.15, 0.2) is 48.8 Å². The molecule has 0 bridgehead atoms. The van der Waals surface area contributed by atoms with E-state index in [1.54, 1.807) is 0 Å². The highest BCUT2D eigenvalue weighted by molar-refractivity contribution is 5.77. The van der Waals surface area contributed by atoms with Crippen LogP contribution >= 0.6 is 0 Å². The molecule has 0 fully saturated rings. The summed E-state index contributed by atoms with van der Waals surface area (Å²) in [7, 11) is 0. The van der Waals surface area contributed by atoms with Crippen LogP contribution in [0.1, 0.15) is 23.1 Å². The van der Waals surface area contributed by atoms with Crippen molar-refractivity contribution in [3.63, 3.8) is 0 Å². The average molecular weight is 487 g/mol. The minimum atomic E-state index is -4.93. The van der Waals surface area contributed by atoms with Gasteiger partial charge in [-0.25, -0.2) is 13.8 Å². The second kappa shape index (κ2) is 8.65. The third kappa shape index (κ3) is 4.85. The molecule has 0 saturated heterocycles. The standard InChI is InChI=1S/C22H14F8N4/c23-16-5-1-4-14(19(16)24)20-32-17-10-31-34(11-18(17)33-20)8-2-3-12-6-7-13(21(25,26)27)9-15(12)22(28,29)30/h1,4-7,9-11H,2-3,8H2/p+1. The quantitative estimate of drug-likeness (QED) is 0.283. The fourth-order valence-electron chi connectivity index (χ4n) is 3.51. The van der Waals surface area contributed by atoms with Gasteiger partial charge in [-0.3, -0.25) is 0 Å². The van der Waals surface area contributed by atoms with Crippen LogP contribution in [0.5, 0.6) is 0 Å². The molecule has 0 aliphatic carbocycles. The Bertz CT molecular complexity index is 1340. The van der Waals surface area contributed by atoms with Gasteiger partial charge >= 0.3 is 12.4 Å². The van der Waals surface area contributed by atoms with E-state index < -0.39 is 35.1 Å². The molecule has 4 nitrogen and oxygen atoms in total. The Morgan fingerprint density at radius 3 is 2.41 bits per heavy atom. The number of imidazole rings is 1. The van der Waals surface area contributed by atoms with Crippen LogP contribution in [0.25, 0.3) is 22.4 Å². The lowest BCUT2D eigenvalue weighted by atomic mass is 9.99. The second-order valence-electron chi connectivity index (χ2n) is 7.49. The molecule has 0 atom stereocenters. The smallest absolute Gasteiger partial charge is 0.333 e. The van der Waals surface area contributed by atoms with Crippen molar-refractivity contribution >= 4 is 11.0 Å². The zero-order valence-corrected chi connectivity index (χ0v) is 17.1. The average Bonchev–Trinajstić information content (AvgIpc) is 3.17. The van der Waals surface area contributed by atoms with Crippen molar-refractivity contribution in [2.75, 3.05) is 0 Å². The Morgan fingerprint density at radius 2 is 1.71 bits per heavy atom. The maximum absolute atomic E-state index is 14.0. The number of rotatable bonds is 5. The van der Waals surface area contributed by atoms with Gasteiger partial charge in [-0.15, -0.1) is 0 Å². The second-order valence-corrected chi connectivity index (χ2v) is 7.49. The molecule has 2 aromatic carbocycles. The first kappa shape index (κ1) is 23.6. The minimum absolute atomic E-state index is 0.0751. The van der Waals surface area contributed by atoms with Crippen molar-refractivity contribution in [2.45, 2.75) is 31.7 Å². The van der Waals surface area contributed by atoms with Gasteiger partial charge in [0.25, 0.3) is 0 Å². The van der Waals surface area contributed by atoms with Crippen molar-refractivity contribution in [1.82, 2.24) is 15.1 Å². The van der Waals surface area contributed by atoms with E-state index >= 15 is 0 Å². The van der Waals surface area contributed by atoms with Gasteiger partial charge in [-0.05, 0) is 41.3 Å². The van der Waals surface area contributed by atoms with E-state index in [4.69, 9.17) is 0 Å². The lowest BCUT2D eigenvalue weighted by Gasteiger charge is -2.15. The van der Waals surface area contributed by atoms with E-state index in [1.807, 2.05) is 0 Å². The number of fused-ring (bicyclic) bond motifs is 1. The number of halogens is 8. The molecule has 0 aliphatic heterocycles. The van der Waals surface area contributed by atoms with Crippen LogP contribution in [-0.4, -0.2) is 15.1 Å². The Hall–Kier alpha value is -3.57. The van der Waals surface area contributed by atoms with Crippen LogP contribution < -0.4 is 4.68 Å². The molecule has 12 heteroatoms. The topological polar surface area (TPSA) is 45.5 Å². The fraction of sp³-hybridized carbons (Fsp3) is 0.227. The summed E-state index contributed by atoms with van der Waals surface area (Å²) in [5.74, 6) is -2.03. The number of H-pyrrole nitrogens is 1. The Balaban J connectivity index is 1.52. The number of aromatic amines is 1. The number of benzene rings is 2. The summed E-state index contributed by atoms with van der Waals surface area (Å²) in [6.07, 6.45) is -6.95. The van der Waals surface area contributed by atoms with Gasteiger partial charge in [0.05, 0.1) is 16.7 Å². The third-order valence-electron chi connectivity index (χ3n) is 5.15. The summed E-state index contributed by atoms with van der Waals surface area (Å²) in [5, 5.41) is 4.10. The van der Waals surface area contributed by atoms with E-state index in [1.165, 1.54) is 29.2 Å². The molecular formula is C22H15F8N4+. The largest absolute Gasteiger partial charge is 0.416 e. The summed E-state index contributed by atoms with van der Waals surface area (Å²) >= 11 is 0. The zero-order chi connectivity index (χ0) is 24.7. The molecule has 2 aromatic heterocycles. The fourth-order valence-corrected chi connectivity index (χ4v) is 3.51. The maximum Gasteiger partial charge on any atom is 0.416 e. The van der Waals surface area contributed by atoms with Crippen LogP contribution in [-0.2, 0) is 25.3 Å². The van der Waals surface area contributed by atoms with E-state index in [0.717, 1.165) is 12.1 Å². The summed E-state index contributed by atoms with van der Waals surface area (Å²) in [6, 6.07) is 5.22. The van der Waals surface area contributed by atoms with Crippen LogP contribution in [0.2, 0.25) is 0 Å². The normalized spacial score (nSPS) is 12.5. The monoisotopic (exact) mass is 487 g/mol. The SMILES string of the molecule is Fc1cccc(-c2nc3cn[n+](CCCc4ccc(C(F)(F)F)cc4C(F)(F)F)cc3[nH]2)c1F. The third-order valence-corrected chi connectivity index (χ3v) is 5.15. The molecule has 2 heterocycles. The first-order chi connectivity index (χ1) is 15.9. The summed E-state index contributed by atoms with van der Waals surface area (Å²) in [4.78, 5) is 7.01. The number of aromatic nitrogens is 4. The van der Waals surface area contributed by atoms with Crippen molar-refractivity contribution in [3.8, 4) is 11.4 Å². The van der Waals surface area contributed by atoms with Crippen molar-refractivity contribution in [2.24, 2.45) is 0 Å². The number of nitrogens with one attached hydrogen (secondary N) is 1. The maximum atomic E-state index is 14.0. The van der Waals surface area contributed by atoms with Crippen LogP contribution in [0.3, 0.4) is 0 Å². The molecule has 0 unspecified atom stereocenters. The minimum Gasteiger partial charge on any atom is -0.333 e. The molecule has 0 amide bonds. The van der Waals surface area contributed by atoms with Crippen LogP contribution in [0, 0.1) is 11.6 Å². The summed E-state index contributed by atoms with van der Waals surface area (Å²) in [6.45, 7) is 0.150. The first-order valence-corrected chi connectivity index (χ1v) is 9.90. The van der Waals surface area contributed by atoms with Crippen molar-refractivity contribution in [1.29, 1.82) is 0 Å². The lowest BCUT2D eigenvalue weighted by molar-refractivity contribution is -0.753. The van der Waals surface area contributed by atoms with E-state index in [-0.39, 0.29) is 42.4 Å². The highest BCUT2D eigenvalue weighted by Crippen LogP contribution is 2.37. The van der Waals surface area contributed by atoms with Crippen molar-refractivity contribution in [3.05, 3.63) is 77.1 Å². The molecule has 0 radical (unpaired) electrons. The summed E-state index contributed by atoms with van der Waals surface area (Å²) in [5.41, 5.74) is -2.24. The zero-order valence-electron chi connectivity index (χ0n) is 17.1.